The standard InChI is InChI=1S/C19H25N3O2/c1-14-12-15-6-4-5-7-17(15)22(14)13-16-8-11-24-18(16)19(23)21(3)10-9-20-2/h4-8,11,14,20H,9-10,12-13H2,1-3H3/t14-/m1/s1. The fraction of sp³-hybridized carbons (Fsp3) is 0.421. The molecular weight excluding hydrogens is 302 g/mol. The number of nitrogens with one attached hydrogen (secondary N) is 1. The van der Waals surface area contributed by atoms with Crippen LogP contribution in [0, 0.1) is 0 Å². The van der Waals surface area contributed by atoms with Gasteiger partial charge >= 0.3 is 0 Å². The molecule has 0 radical (unpaired) electrons. The number of amides is 1. The second-order valence-corrected chi connectivity index (χ2v) is 6.41. The van der Waals surface area contributed by atoms with E-state index in [1.54, 1.807) is 18.2 Å². The average molecular weight is 327 g/mol. The van der Waals surface area contributed by atoms with E-state index in [0.717, 1.165) is 18.5 Å². The third-order valence-electron chi connectivity index (χ3n) is 4.67. The number of rotatable bonds is 6. The second-order valence-electron chi connectivity index (χ2n) is 6.41. The van der Waals surface area contributed by atoms with Gasteiger partial charge in [-0.05, 0) is 38.1 Å². The maximum atomic E-state index is 12.6. The summed E-state index contributed by atoms with van der Waals surface area (Å²) in [6.45, 7) is 4.32. The number of fused-ring (bicyclic) bond motifs is 1. The Morgan fingerprint density at radius 3 is 2.96 bits per heavy atom. The van der Waals surface area contributed by atoms with Gasteiger partial charge in [-0.1, -0.05) is 18.2 Å². The van der Waals surface area contributed by atoms with Crippen molar-refractivity contribution >= 4 is 11.6 Å². The lowest BCUT2D eigenvalue weighted by atomic mass is 10.1. The monoisotopic (exact) mass is 327 g/mol. The summed E-state index contributed by atoms with van der Waals surface area (Å²) in [5.74, 6) is 0.385. The van der Waals surface area contributed by atoms with Crippen LogP contribution < -0.4 is 10.2 Å². The van der Waals surface area contributed by atoms with E-state index in [4.69, 9.17) is 4.42 Å². The molecule has 0 bridgehead atoms. The van der Waals surface area contributed by atoms with Crippen molar-refractivity contribution in [2.75, 3.05) is 32.1 Å². The van der Waals surface area contributed by atoms with Crippen LogP contribution in [0.15, 0.2) is 41.0 Å². The fourth-order valence-electron chi connectivity index (χ4n) is 3.26. The van der Waals surface area contributed by atoms with Crippen LogP contribution in [-0.2, 0) is 13.0 Å². The van der Waals surface area contributed by atoms with Crippen molar-refractivity contribution in [2.24, 2.45) is 0 Å². The molecule has 0 fully saturated rings. The Balaban J connectivity index is 1.78. The first kappa shape index (κ1) is 16.6. The van der Waals surface area contributed by atoms with Crippen LogP contribution in [0.2, 0.25) is 0 Å². The lowest BCUT2D eigenvalue weighted by Gasteiger charge is -2.25. The lowest BCUT2D eigenvalue weighted by molar-refractivity contribution is 0.0764. The maximum Gasteiger partial charge on any atom is 0.289 e. The summed E-state index contributed by atoms with van der Waals surface area (Å²) in [5.41, 5.74) is 3.57. The summed E-state index contributed by atoms with van der Waals surface area (Å²) in [4.78, 5) is 16.7. The first-order valence-electron chi connectivity index (χ1n) is 8.42. The van der Waals surface area contributed by atoms with Gasteiger partial charge in [-0.2, -0.15) is 0 Å². The van der Waals surface area contributed by atoms with Crippen molar-refractivity contribution in [1.82, 2.24) is 10.2 Å². The number of anilines is 1. The van der Waals surface area contributed by atoms with Crippen LogP contribution in [0.1, 0.15) is 28.6 Å². The number of likely N-dealkylation sites (N-methyl/N-ethyl adjacent to an activating group) is 2. The third-order valence-corrected chi connectivity index (χ3v) is 4.67. The van der Waals surface area contributed by atoms with Gasteiger partial charge in [0, 0.05) is 44.0 Å². The third kappa shape index (κ3) is 3.17. The number of hydrogen-bond donors (Lipinski definition) is 1. The Morgan fingerprint density at radius 2 is 2.17 bits per heavy atom. The molecule has 0 saturated heterocycles. The van der Waals surface area contributed by atoms with E-state index in [-0.39, 0.29) is 5.91 Å². The minimum Gasteiger partial charge on any atom is -0.459 e. The second kappa shape index (κ2) is 7.09. The van der Waals surface area contributed by atoms with E-state index in [1.165, 1.54) is 11.3 Å². The molecule has 0 aliphatic carbocycles. The Kier molecular flexibility index (Phi) is 4.90. The largest absolute Gasteiger partial charge is 0.459 e. The molecule has 1 aromatic heterocycles. The maximum absolute atomic E-state index is 12.6. The lowest BCUT2D eigenvalue weighted by Crippen LogP contribution is -2.34. The number of para-hydroxylation sites is 1. The SMILES string of the molecule is CNCCN(C)C(=O)c1occc1CN1c2ccccc2C[C@H]1C. The van der Waals surface area contributed by atoms with Crippen LogP contribution in [0.25, 0.3) is 0 Å². The van der Waals surface area contributed by atoms with E-state index in [1.807, 2.05) is 13.1 Å². The number of nitrogens with zero attached hydrogens (tertiary/aromatic N) is 2. The van der Waals surface area contributed by atoms with E-state index in [0.29, 0.717) is 24.9 Å². The molecule has 1 aromatic carbocycles. The summed E-state index contributed by atoms with van der Waals surface area (Å²) in [6, 6.07) is 10.8. The number of carbonyl (C=O) groups is 1. The van der Waals surface area contributed by atoms with Crippen LogP contribution in [0.3, 0.4) is 0 Å². The van der Waals surface area contributed by atoms with Gasteiger partial charge in [-0.15, -0.1) is 0 Å². The molecule has 0 spiro atoms. The number of furan rings is 1. The van der Waals surface area contributed by atoms with Crippen LogP contribution in [-0.4, -0.2) is 44.0 Å². The van der Waals surface area contributed by atoms with Crippen LogP contribution >= 0.6 is 0 Å². The summed E-state index contributed by atoms with van der Waals surface area (Å²) in [7, 11) is 3.68. The molecule has 24 heavy (non-hydrogen) atoms. The summed E-state index contributed by atoms with van der Waals surface area (Å²) >= 11 is 0. The minimum absolute atomic E-state index is 0.0645. The topological polar surface area (TPSA) is 48.7 Å². The Hall–Kier alpha value is -2.27. The van der Waals surface area contributed by atoms with Crippen molar-refractivity contribution in [2.45, 2.75) is 25.9 Å². The molecular formula is C19H25N3O2. The fourth-order valence-corrected chi connectivity index (χ4v) is 3.26. The van der Waals surface area contributed by atoms with Gasteiger partial charge in [0.15, 0.2) is 5.76 Å². The Labute approximate surface area is 143 Å². The van der Waals surface area contributed by atoms with Crippen molar-refractivity contribution in [3.8, 4) is 0 Å². The van der Waals surface area contributed by atoms with Crippen molar-refractivity contribution in [3.63, 3.8) is 0 Å². The molecule has 5 heteroatoms. The van der Waals surface area contributed by atoms with Gasteiger partial charge in [-0.25, -0.2) is 0 Å². The molecule has 1 aliphatic heterocycles. The molecule has 1 aliphatic rings. The highest BCUT2D eigenvalue weighted by Crippen LogP contribution is 2.33. The molecule has 5 nitrogen and oxygen atoms in total. The first-order valence-corrected chi connectivity index (χ1v) is 8.42. The van der Waals surface area contributed by atoms with Crippen LogP contribution in [0.4, 0.5) is 5.69 Å². The van der Waals surface area contributed by atoms with E-state index < -0.39 is 0 Å². The smallest absolute Gasteiger partial charge is 0.289 e. The van der Waals surface area contributed by atoms with E-state index in [9.17, 15) is 4.79 Å². The highest BCUT2D eigenvalue weighted by atomic mass is 16.3. The van der Waals surface area contributed by atoms with Gasteiger partial charge in [0.05, 0.1) is 6.26 Å². The van der Waals surface area contributed by atoms with E-state index >= 15 is 0 Å². The molecule has 1 N–H and O–H groups in total. The zero-order valence-electron chi connectivity index (χ0n) is 14.6. The number of hydrogen-bond acceptors (Lipinski definition) is 4. The van der Waals surface area contributed by atoms with Gasteiger partial charge in [0.2, 0.25) is 0 Å². The van der Waals surface area contributed by atoms with Crippen molar-refractivity contribution < 1.29 is 9.21 Å². The van der Waals surface area contributed by atoms with Gasteiger partial charge in [0.25, 0.3) is 5.91 Å². The molecule has 3 rings (SSSR count). The highest BCUT2D eigenvalue weighted by molar-refractivity contribution is 5.92. The normalized spacial score (nSPS) is 16.3. The minimum atomic E-state index is -0.0645. The molecule has 128 valence electrons. The first-order chi connectivity index (χ1) is 11.6. The van der Waals surface area contributed by atoms with Gasteiger partial charge in [0.1, 0.15) is 0 Å². The molecule has 0 unspecified atom stereocenters. The molecule has 2 heterocycles. The van der Waals surface area contributed by atoms with Crippen LogP contribution in [0.5, 0.6) is 0 Å². The predicted octanol–water partition coefficient (Wildman–Crippen LogP) is 2.52. The molecule has 1 atom stereocenters. The highest BCUT2D eigenvalue weighted by Gasteiger charge is 2.28. The number of benzene rings is 1. The predicted molar refractivity (Wildman–Crippen MR) is 95.4 cm³/mol. The zero-order chi connectivity index (χ0) is 17.1. The van der Waals surface area contributed by atoms with Crippen molar-refractivity contribution in [3.05, 3.63) is 53.5 Å². The average Bonchev–Trinajstić information content (AvgIpc) is 3.17. The molecule has 1 amide bonds. The summed E-state index contributed by atoms with van der Waals surface area (Å²) < 4.78 is 5.52. The zero-order valence-corrected chi connectivity index (χ0v) is 14.6. The summed E-state index contributed by atoms with van der Waals surface area (Å²) in [6.07, 6.45) is 2.65. The quantitative estimate of drug-likeness (QED) is 0.886. The molecule has 2 aromatic rings. The Morgan fingerprint density at radius 1 is 1.38 bits per heavy atom. The van der Waals surface area contributed by atoms with Crippen molar-refractivity contribution in [1.29, 1.82) is 0 Å². The van der Waals surface area contributed by atoms with Gasteiger partial charge in [-0.3, -0.25) is 4.79 Å². The molecule has 0 saturated carbocycles. The van der Waals surface area contributed by atoms with E-state index in [2.05, 4.69) is 41.4 Å². The number of carbonyl (C=O) groups excluding carboxylic acids is 1. The van der Waals surface area contributed by atoms with Gasteiger partial charge < -0.3 is 19.5 Å². The summed E-state index contributed by atoms with van der Waals surface area (Å²) in [5, 5.41) is 3.06. The Bertz CT molecular complexity index is 710.